The first kappa shape index (κ1) is 17.7. The first-order valence-corrected chi connectivity index (χ1v) is 9.58. The van der Waals surface area contributed by atoms with Gasteiger partial charge in [-0.1, -0.05) is 17.7 Å². The van der Waals surface area contributed by atoms with Gasteiger partial charge in [-0.25, -0.2) is 13.8 Å². The zero-order valence-electron chi connectivity index (χ0n) is 13.2. The van der Waals surface area contributed by atoms with Crippen LogP contribution in [0.1, 0.15) is 31.2 Å². The SMILES string of the molecule is Cc1ccc(Cl)cc1N(CC(=O)NN=C1CCCC1)S(C)(=O)=O. The lowest BCUT2D eigenvalue weighted by atomic mass is 10.2. The van der Waals surface area contributed by atoms with Crippen molar-refractivity contribution in [3.8, 4) is 0 Å². The number of sulfonamides is 1. The van der Waals surface area contributed by atoms with Crippen molar-refractivity contribution in [2.75, 3.05) is 17.1 Å². The van der Waals surface area contributed by atoms with Gasteiger partial charge >= 0.3 is 0 Å². The normalized spacial score (nSPS) is 14.7. The summed E-state index contributed by atoms with van der Waals surface area (Å²) >= 11 is 5.95. The number of halogens is 1. The minimum atomic E-state index is -3.62. The maximum Gasteiger partial charge on any atom is 0.260 e. The summed E-state index contributed by atoms with van der Waals surface area (Å²) in [5, 5.41) is 4.47. The number of anilines is 1. The van der Waals surface area contributed by atoms with Gasteiger partial charge in [0.2, 0.25) is 10.0 Å². The lowest BCUT2D eigenvalue weighted by Crippen LogP contribution is -2.39. The highest BCUT2D eigenvalue weighted by Gasteiger charge is 2.22. The molecule has 0 heterocycles. The van der Waals surface area contributed by atoms with Crippen LogP contribution in [0.15, 0.2) is 23.3 Å². The number of carbonyl (C=O) groups excluding carboxylic acids is 1. The number of hydrogen-bond acceptors (Lipinski definition) is 4. The maximum absolute atomic E-state index is 12.1. The Balaban J connectivity index is 2.18. The molecule has 1 aliphatic rings. The number of hydrazone groups is 1. The molecule has 0 aliphatic heterocycles. The van der Waals surface area contributed by atoms with E-state index in [2.05, 4.69) is 10.5 Å². The van der Waals surface area contributed by atoms with E-state index in [-0.39, 0.29) is 6.54 Å². The summed E-state index contributed by atoms with van der Waals surface area (Å²) in [5.41, 5.74) is 4.50. The lowest BCUT2D eigenvalue weighted by Gasteiger charge is -2.23. The molecule has 1 aromatic rings. The first-order valence-electron chi connectivity index (χ1n) is 7.35. The fraction of sp³-hybridized carbons (Fsp3) is 0.467. The van der Waals surface area contributed by atoms with Crippen LogP contribution >= 0.6 is 11.6 Å². The predicted molar refractivity (Wildman–Crippen MR) is 92.4 cm³/mol. The summed E-state index contributed by atoms with van der Waals surface area (Å²) in [4.78, 5) is 12.1. The Kier molecular flexibility index (Phi) is 5.64. The molecule has 126 valence electrons. The molecule has 0 atom stereocenters. The monoisotopic (exact) mass is 357 g/mol. The molecule has 0 saturated heterocycles. The Morgan fingerprint density at radius 2 is 2.00 bits per heavy atom. The third-order valence-electron chi connectivity index (χ3n) is 3.65. The average molecular weight is 358 g/mol. The Morgan fingerprint density at radius 1 is 1.35 bits per heavy atom. The molecule has 6 nitrogen and oxygen atoms in total. The average Bonchev–Trinajstić information content (AvgIpc) is 2.97. The van der Waals surface area contributed by atoms with Gasteiger partial charge in [-0.05, 0) is 50.3 Å². The number of aryl methyl sites for hydroxylation is 1. The summed E-state index contributed by atoms with van der Waals surface area (Å²) in [5.74, 6) is -0.478. The van der Waals surface area contributed by atoms with Crippen molar-refractivity contribution in [3.05, 3.63) is 28.8 Å². The van der Waals surface area contributed by atoms with Crippen LogP contribution in [-0.4, -0.2) is 32.8 Å². The van der Waals surface area contributed by atoms with Crippen molar-refractivity contribution in [2.24, 2.45) is 5.10 Å². The molecule has 1 N–H and O–H groups in total. The van der Waals surface area contributed by atoms with Crippen LogP contribution in [0.25, 0.3) is 0 Å². The number of carbonyl (C=O) groups is 1. The summed E-state index contributed by atoms with van der Waals surface area (Å²) < 4.78 is 25.2. The van der Waals surface area contributed by atoms with Crippen molar-refractivity contribution in [3.63, 3.8) is 0 Å². The van der Waals surface area contributed by atoms with Gasteiger partial charge in [0.05, 0.1) is 11.9 Å². The van der Waals surface area contributed by atoms with Crippen LogP contribution in [0, 0.1) is 6.92 Å². The van der Waals surface area contributed by atoms with E-state index in [0.717, 1.165) is 47.5 Å². The van der Waals surface area contributed by atoms with Crippen molar-refractivity contribution in [2.45, 2.75) is 32.6 Å². The number of nitrogens with one attached hydrogen (secondary N) is 1. The highest BCUT2D eigenvalue weighted by Crippen LogP contribution is 2.26. The maximum atomic E-state index is 12.1. The zero-order valence-corrected chi connectivity index (χ0v) is 14.7. The number of benzene rings is 1. The van der Waals surface area contributed by atoms with Crippen LogP contribution in [0.4, 0.5) is 5.69 Å². The van der Waals surface area contributed by atoms with Crippen molar-refractivity contribution < 1.29 is 13.2 Å². The number of amides is 1. The Bertz CT molecular complexity index is 723. The number of nitrogens with zero attached hydrogens (tertiary/aromatic N) is 2. The largest absolute Gasteiger partial charge is 0.271 e. The smallest absolute Gasteiger partial charge is 0.260 e. The molecule has 2 rings (SSSR count). The second-order valence-corrected chi connectivity index (χ2v) is 7.96. The van der Waals surface area contributed by atoms with Crippen molar-refractivity contribution in [1.29, 1.82) is 0 Å². The number of rotatable bonds is 5. The van der Waals surface area contributed by atoms with Gasteiger partial charge in [-0.2, -0.15) is 5.10 Å². The molecule has 1 saturated carbocycles. The third-order valence-corrected chi connectivity index (χ3v) is 5.01. The summed E-state index contributed by atoms with van der Waals surface area (Å²) in [6, 6.07) is 4.92. The van der Waals surface area contributed by atoms with Crippen LogP contribution in [-0.2, 0) is 14.8 Å². The summed E-state index contributed by atoms with van der Waals surface area (Å²) in [7, 11) is -3.62. The van der Waals surface area contributed by atoms with E-state index < -0.39 is 15.9 Å². The van der Waals surface area contributed by atoms with Crippen LogP contribution < -0.4 is 9.73 Å². The van der Waals surface area contributed by atoms with E-state index in [1.54, 1.807) is 19.1 Å². The van der Waals surface area contributed by atoms with Gasteiger partial charge in [0.25, 0.3) is 5.91 Å². The minimum Gasteiger partial charge on any atom is -0.271 e. The molecule has 1 aliphatic carbocycles. The molecule has 1 fully saturated rings. The molecule has 1 amide bonds. The van der Waals surface area contributed by atoms with Crippen LogP contribution in [0.5, 0.6) is 0 Å². The second kappa shape index (κ2) is 7.31. The fourth-order valence-corrected chi connectivity index (χ4v) is 3.51. The van der Waals surface area contributed by atoms with Crippen molar-refractivity contribution in [1.82, 2.24) is 5.43 Å². The second-order valence-electron chi connectivity index (χ2n) is 5.62. The molecule has 0 radical (unpaired) electrons. The Morgan fingerprint density at radius 3 is 2.61 bits per heavy atom. The zero-order chi connectivity index (χ0) is 17.0. The molecule has 23 heavy (non-hydrogen) atoms. The summed E-state index contributed by atoms with van der Waals surface area (Å²) in [6.07, 6.45) is 4.97. The van der Waals surface area contributed by atoms with Crippen molar-refractivity contribution >= 4 is 38.9 Å². The predicted octanol–water partition coefficient (Wildman–Crippen LogP) is 2.46. The van der Waals surface area contributed by atoms with Gasteiger partial charge in [0.15, 0.2) is 0 Å². The molecule has 0 unspecified atom stereocenters. The highest BCUT2D eigenvalue weighted by molar-refractivity contribution is 7.92. The van der Waals surface area contributed by atoms with E-state index in [0.29, 0.717) is 10.7 Å². The Labute approximate surface area is 141 Å². The molecule has 0 bridgehead atoms. The number of hydrogen-bond donors (Lipinski definition) is 1. The molecular weight excluding hydrogens is 338 g/mol. The standard InChI is InChI=1S/C15H20ClN3O3S/c1-11-7-8-12(16)9-14(11)19(23(2,21)22)10-15(20)18-17-13-5-3-4-6-13/h7-9H,3-6,10H2,1-2H3,(H,18,20). The topological polar surface area (TPSA) is 78.8 Å². The van der Waals surface area contributed by atoms with E-state index in [1.165, 1.54) is 6.07 Å². The van der Waals surface area contributed by atoms with Crippen LogP contribution in [0.2, 0.25) is 5.02 Å². The highest BCUT2D eigenvalue weighted by atomic mass is 35.5. The van der Waals surface area contributed by atoms with Gasteiger partial charge < -0.3 is 0 Å². The lowest BCUT2D eigenvalue weighted by molar-refractivity contribution is -0.119. The van der Waals surface area contributed by atoms with Crippen LogP contribution in [0.3, 0.4) is 0 Å². The van der Waals surface area contributed by atoms with E-state index in [9.17, 15) is 13.2 Å². The third kappa shape index (κ3) is 4.94. The van der Waals surface area contributed by atoms with Gasteiger partial charge in [-0.3, -0.25) is 9.10 Å². The van der Waals surface area contributed by atoms with E-state index in [4.69, 9.17) is 11.6 Å². The van der Waals surface area contributed by atoms with E-state index in [1.807, 2.05) is 0 Å². The first-order chi connectivity index (χ1) is 10.8. The van der Waals surface area contributed by atoms with Gasteiger partial charge in [0, 0.05) is 10.7 Å². The fourth-order valence-electron chi connectivity index (χ4n) is 2.43. The molecule has 1 aromatic carbocycles. The van der Waals surface area contributed by atoms with E-state index >= 15 is 0 Å². The minimum absolute atomic E-state index is 0.337. The van der Waals surface area contributed by atoms with Gasteiger partial charge in [-0.15, -0.1) is 0 Å². The molecular formula is C15H20ClN3O3S. The molecule has 0 aromatic heterocycles. The molecule has 8 heteroatoms. The molecule has 0 spiro atoms. The Hall–Kier alpha value is -1.60. The quantitative estimate of drug-likeness (QED) is 0.822. The van der Waals surface area contributed by atoms with Gasteiger partial charge in [0.1, 0.15) is 6.54 Å². The summed E-state index contributed by atoms with van der Waals surface area (Å²) in [6.45, 7) is 1.43.